The summed E-state index contributed by atoms with van der Waals surface area (Å²) in [4.78, 5) is 11.9. The Morgan fingerprint density at radius 2 is 1.07 bits per heavy atom. The highest BCUT2D eigenvalue weighted by Gasteiger charge is 2.09. The van der Waals surface area contributed by atoms with Crippen LogP contribution in [0.2, 0.25) is 0 Å². The molecule has 0 bridgehead atoms. The van der Waals surface area contributed by atoms with Crippen molar-refractivity contribution in [3.63, 3.8) is 0 Å². The lowest BCUT2D eigenvalue weighted by Gasteiger charge is -2.07. The third-order valence-electron chi connectivity index (χ3n) is 5.91. The van der Waals surface area contributed by atoms with Crippen LogP contribution in [0.25, 0.3) is 0 Å². The number of rotatable bonds is 20. The number of hydrogen-bond acceptors (Lipinski definition) is 3. The highest BCUT2D eigenvalue weighted by atomic mass is 16.5. The number of unbranched alkanes of at least 4 members (excludes halogenated alkanes) is 17. The molecule has 3 nitrogen and oxygen atoms in total. The molecule has 2 N–H and O–H groups in total. The standard InChI is InChI=1S/C27H47NO2/c1-2-3-4-5-6-7-8-9-10-11-12-13-14-15-16-17-18-21-24-30-27(29)25-22-19-20-23-26(25)28/h19-20,22-23H,2-18,21,24,28H2,1H3. The molecule has 172 valence electrons. The Kier molecular flexibility index (Phi) is 17.2. The van der Waals surface area contributed by atoms with E-state index in [1.54, 1.807) is 12.1 Å². The SMILES string of the molecule is CCCCCCCCCCCCCCCCCCCCOC(=O)c1ccccc1N. The predicted octanol–water partition coefficient (Wildman–Crippen LogP) is 8.47. The van der Waals surface area contributed by atoms with E-state index in [0.717, 1.165) is 12.8 Å². The van der Waals surface area contributed by atoms with Crippen molar-refractivity contribution in [2.24, 2.45) is 0 Å². The fourth-order valence-corrected chi connectivity index (χ4v) is 3.93. The van der Waals surface area contributed by atoms with Crippen LogP contribution in [0, 0.1) is 0 Å². The number of benzene rings is 1. The molecule has 0 heterocycles. The van der Waals surface area contributed by atoms with Crippen LogP contribution in [0.1, 0.15) is 133 Å². The van der Waals surface area contributed by atoms with Gasteiger partial charge in [0.1, 0.15) is 0 Å². The maximum absolute atomic E-state index is 11.9. The van der Waals surface area contributed by atoms with Crippen molar-refractivity contribution in [2.75, 3.05) is 12.3 Å². The second-order valence-corrected chi connectivity index (χ2v) is 8.73. The summed E-state index contributed by atoms with van der Waals surface area (Å²) >= 11 is 0. The summed E-state index contributed by atoms with van der Waals surface area (Å²) in [5.41, 5.74) is 6.75. The molecule has 1 aromatic rings. The molecule has 0 unspecified atom stereocenters. The number of ether oxygens (including phenoxy) is 1. The van der Waals surface area contributed by atoms with Gasteiger partial charge in [0.15, 0.2) is 0 Å². The van der Waals surface area contributed by atoms with E-state index in [9.17, 15) is 4.79 Å². The van der Waals surface area contributed by atoms with Crippen molar-refractivity contribution in [2.45, 2.75) is 122 Å². The van der Waals surface area contributed by atoms with E-state index in [2.05, 4.69) is 6.92 Å². The van der Waals surface area contributed by atoms with Gasteiger partial charge >= 0.3 is 5.97 Å². The molecule has 0 aliphatic carbocycles. The number of para-hydroxylation sites is 1. The maximum Gasteiger partial charge on any atom is 0.340 e. The minimum Gasteiger partial charge on any atom is -0.462 e. The van der Waals surface area contributed by atoms with E-state index in [-0.39, 0.29) is 5.97 Å². The Hall–Kier alpha value is -1.51. The molecule has 0 aliphatic rings. The lowest BCUT2D eigenvalue weighted by atomic mass is 10.0. The molecule has 1 rings (SSSR count). The van der Waals surface area contributed by atoms with Gasteiger partial charge in [0.25, 0.3) is 0 Å². The van der Waals surface area contributed by atoms with Crippen LogP contribution >= 0.6 is 0 Å². The smallest absolute Gasteiger partial charge is 0.340 e. The molecule has 1 aromatic carbocycles. The van der Waals surface area contributed by atoms with E-state index in [4.69, 9.17) is 10.5 Å². The fourth-order valence-electron chi connectivity index (χ4n) is 3.93. The van der Waals surface area contributed by atoms with Gasteiger partial charge in [-0.2, -0.15) is 0 Å². The third-order valence-corrected chi connectivity index (χ3v) is 5.91. The molecule has 0 spiro atoms. The van der Waals surface area contributed by atoms with Crippen molar-refractivity contribution in [1.29, 1.82) is 0 Å². The van der Waals surface area contributed by atoms with Gasteiger partial charge in [-0.25, -0.2) is 4.79 Å². The molecular weight excluding hydrogens is 370 g/mol. The topological polar surface area (TPSA) is 52.3 Å². The zero-order valence-corrected chi connectivity index (χ0v) is 19.6. The minimum absolute atomic E-state index is 0.305. The van der Waals surface area contributed by atoms with Crippen molar-refractivity contribution < 1.29 is 9.53 Å². The first-order valence-electron chi connectivity index (χ1n) is 12.8. The van der Waals surface area contributed by atoms with Crippen molar-refractivity contribution in [3.8, 4) is 0 Å². The first-order valence-corrected chi connectivity index (χ1v) is 12.8. The number of hydrogen-bond donors (Lipinski definition) is 1. The Labute approximate surface area is 186 Å². The first-order chi connectivity index (χ1) is 14.8. The largest absolute Gasteiger partial charge is 0.462 e. The normalized spacial score (nSPS) is 11.0. The molecule has 30 heavy (non-hydrogen) atoms. The number of carbonyl (C=O) groups is 1. The molecule has 0 aromatic heterocycles. The van der Waals surface area contributed by atoms with Crippen LogP contribution < -0.4 is 5.73 Å². The van der Waals surface area contributed by atoms with E-state index in [1.165, 1.54) is 103 Å². The summed E-state index contributed by atoms with van der Waals surface area (Å²) in [7, 11) is 0. The molecule has 0 radical (unpaired) electrons. The van der Waals surface area contributed by atoms with Gasteiger partial charge in [0.05, 0.1) is 12.2 Å². The van der Waals surface area contributed by atoms with Crippen LogP contribution in [-0.4, -0.2) is 12.6 Å². The second kappa shape index (κ2) is 19.5. The van der Waals surface area contributed by atoms with E-state index < -0.39 is 0 Å². The molecular formula is C27H47NO2. The third kappa shape index (κ3) is 14.5. The molecule has 0 amide bonds. The van der Waals surface area contributed by atoms with Gasteiger partial charge in [-0.1, -0.05) is 128 Å². The van der Waals surface area contributed by atoms with Crippen LogP contribution in [0.5, 0.6) is 0 Å². The Morgan fingerprint density at radius 1 is 0.667 bits per heavy atom. The summed E-state index contributed by atoms with van der Waals surface area (Å²) in [6, 6.07) is 7.08. The molecule has 0 atom stereocenters. The van der Waals surface area contributed by atoms with E-state index in [1.807, 2.05) is 12.1 Å². The van der Waals surface area contributed by atoms with Gasteiger partial charge in [0.2, 0.25) is 0 Å². The lowest BCUT2D eigenvalue weighted by Crippen LogP contribution is -2.09. The molecule has 0 aliphatic heterocycles. The van der Waals surface area contributed by atoms with E-state index in [0.29, 0.717) is 17.9 Å². The average molecular weight is 418 g/mol. The summed E-state index contributed by atoms with van der Waals surface area (Å²) in [6.07, 6.45) is 24.4. The lowest BCUT2D eigenvalue weighted by molar-refractivity contribution is 0.0499. The molecule has 0 saturated heterocycles. The predicted molar refractivity (Wildman–Crippen MR) is 130 cm³/mol. The van der Waals surface area contributed by atoms with Crippen LogP contribution in [0.4, 0.5) is 5.69 Å². The van der Waals surface area contributed by atoms with Crippen molar-refractivity contribution in [3.05, 3.63) is 29.8 Å². The summed E-state index contributed by atoms with van der Waals surface area (Å²) in [5, 5.41) is 0. The summed E-state index contributed by atoms with van der Waals surface area (Å²) < 4.78 is 5.32. The van der Waals surface area contributed by atoms with Gasteiger partial charge in [-0.05, 0) is 18.6 Å². The quantitative estimate of drug-likeness (QED) is 0.131. The first kappa shape index (κ1) is 26.5. The molecule has 0 fully saturated rings. The number of esters is 1. The number of anilines is 1. The summed E-state index contributed by atoms with van der Waals surface area (Å²) in [6.45, 7) is 2.78. The zero-order valence-electron chi connectivity index (χ0n) is 19.6. The van der Waals surface area contributed by atoms with Gasteiger partial charge in [0, 0.05) is 5.69 Å². The van der Waals surface area contributed by atoms with Crippen LogP contribution in [0.15, 0.2) is 24.3 Å². The number of carbonyl (C=O) groups excluding carboxylic acids is 1. The Morgan fingerprint density at radius 3 is 1.50 bits per heavy atom. The van der Waals surface area contributed by atoms with Crippen LogP contribution in [-0.2, 0) is 4.74 Å². The van der Waals surface area contributed by atoms with Crippen LogP contribution in [0.3, 0.4) is 0 Å². The average Bonchev–Trinajstić information content (AvgIpc) is 2.75. The second-order valence-electron chi connectivity index (χ2n) is 8.73. The molecule has 3 heteroatoms. The van der Waals surface area contributed by atoms with Crippen molar-refractivity contribution >= 4 is 11.7 Å². The molecule has 0 saturated carbocycles. The highest BCUT2D eigenvalue weighted by Crippen LogP contribution is 2.15. The van der Waals surface area contributed by atoms with Gasteiger partial charge in [-0.15, -0.1) is 0 Å². The highest BCUT2D eigenvalue weighted by molar-refractivity contribution is 5.94. The Bertz CT molecular complexity index is 529. The number of nitrogen functional groups attached to an aromatic ring is 1. The van der Waals surface area contributed by atoms with Gasteiger partial charge < -0.3 is 10.5 Å². The zero-order chi connectivity index (χ0) is 21.7. The minimum atomic E-state index is -0.305. The van der Waals surface area contributed by atoms with E-state index >= 15 is 0 Å². The van der Waals surface area contributed by atoms with Gasteiger partial charge in [-0.3, -0.25) is 0 Å². The monoisotopic (exact) mass is 417 g/mol. The number of nitrogens with two attached hydrogens (primary N) is 1. The maximum atomic E-state index is 11.9. The Balaban J connectivity index is 1.77. The summed E-state index contributed by atoms with van der Waals surface area (Å²) in [5.74, 6) is -0.305. The fraction of sp³-hybridized carbons (Fsp3) is 0.741. The van der Waals surface area contributed by atoms with Crippen molar-refractivity contribution in [1.82, 2.24) is 0 Å².